The number of hydrogen-bond donors (Lipinski definition) is 1. The Bertz CT molecular complexity index is 839. The molecule has 1 aromatic heterocycles. The number of hydrogen-bond acceptors (Lipinski definition) is 4. The number of nitrogens with zero attached hydrogens (tertiary/aromatic N) is 2. The predicted molar refractivity (Wildman–Crippen MR) is 97.7 cm³/mol. The summed E-state index contributed by atoms with van der Waals surface area (Å²) in [6.45, 7) is 1.54. The molecule has 0 radical (unpaired) electrons. The van der Waals surface area contributed by atoms with Crippen LogP contribution in [0.2, 0.25) is 0 Å². The summed E-state index contributed by atoms with van der Waals surface area (Å²) in [7, 11) is -3.46. The van der Waals surface area contributed by atoms with Crippen LogP contribution in [0, 0.1) is 5.92 Å². The standard InChI is InChI=1S/C18H23F2N3O3S/c1-2-27(24,25)22-17-8-9-18(19,20)12-14(17)13-26-16-6-4-15(5-7-16)23-11-3-10-21-23/h3-7,10-11,14,17,22H,2,8-9,12-13H2,1H3/t14-,17+/m0/s1. The van der Waals surface area contributed by atoms with Crippen LogP contribution in [0.4, 0.5) is 8.78 Å². The van der Waals surface area contributed by atoms with Crippen molar-refractivity contribution in [2.45, 2.75) is 38.2 Å². The molecule has 0 amide bonds. The summed E-state index contributed by atoms with van der Waals surface area (Å²) < 4.78 is 61.3. The Morgan fingerprint density at radius 1 is 1.33 bits per heavy atom. The van der Waals surface area contributed by atoms with E-state index in [1.807, 2.05) is 24.4 Å². The first-order valence-electron chi connectivity index (χ1n) is 8.89. The lowest BCUT2D eigenvalue weighted by atomic mass is 9.83. The van der Waals surface area contributed by atoms with Crippen molar-refractivity contribution < 1.29 is 21.9 Å². The molecule has 1 aliphatic carbocycles. The van der Waals surface area contributed by atoms with Gasteiger partial charge in [0, 0.05) is 37.2 Å². The molecule has 1 aromatic carbocycles. The van der Waals surface area contributed by atoms with E-state index in [2.05, 4.69) is 9.82 Å². The van der Waals surface area contributed by atoms with E-state index in [4.69, 9.17) is 4.74 Å². The lowest BCUT2D eigenvalue weighted by Gasteiger charge is -2.36. The minimum absolute atomic E-state index is 0.0214. The second-order valence-corrected chi connectivity index (χ2v) is 8.78. The third-order valence-electron chi connectivity index (χ3n) is 4.73. The van der Waals surface area contributed by atoms with E-state index < -0.39 is 34.3 Å². The molecule has 0 aliphatic heterocycles. The van der Waals surface area contributed by atoms with Gasteiger partial charge >= 0.3 is 0 Å². The minimum atomic E-state index is -3.46. The van der Waals surface area contributed by atoms with Crippen LogP contribution in [0.3, 0.4) is 0 Å². The number of aromatic nitrogens is 2. The number of alkyl halides is 2. The van der Waals surface area contributed by atoms with Gasteiger partial charge in [-0.25, -0.2) is 26.6 Å². The molecule has 0 saturated heterocycles. The zero-order valence-corrected chi connectivity index (χ0v) is 15.8. The summed E-state index contributed by atoms with van der Waals surface area (Å²) in [4.78, 5) is 0. The number of benzene rings is 1. The van der Waals surface area contributed by atoms with E-state index in [9.17, 15) is 17.2 Å². The molecule has 1 fully saturated rings. The maximum absolute atomic E-state index is 13.8. The lowest BCUT2D eigenvalue weighted by molar-refractivity contribution is -0.0660. The van der Waals surface area contributed by atoms with Crippen LogP contribution in [-0.2, 0) is 10.0 Å². The number of nitrogens with one attached hydrogen (secondary N) is 1. The molecule has 148 valence electrons. The van der Waals surface area contributed by atoms with Crippen molar-refractivity contribution in [2.75, 3.05) is 12.4 Å². The zero-order valence-electron chi connectivity index (χ0n) is 15.0. The van der Waals surface area contributed by atoms with Gasteiger partial charge in [-0.05, 0) is 43.7 Å². The van der Waals surface area contributed by atoms with Gasteiger partial charge < -0.3 is 4.74 Å². The van der Waals surface area contributed by atoms with Crippen molar-refractivity contribution in [2.24, 2.45) is 5.92 Å². The summed E-state index contributed by atoms with van der Waals surface area (Å²) >= 11 is 0. The van der Waals surface area contributed by atoms with Gasteiger partial charge in [0.2, 0.25) is 15.9 Å². The van der Waals surface area contributed by atoms with Gasteiger partial charge in [0.25, 0.3) is 0 Å². The van der Waals surface area contributed by atoms with Crippen LogP contribution in [0.1, 0.15) is 26.2 Å². The van der Waals surface area contributed by atoms with Crippen molar-refractivity contribution in [1.82, 2.24) is 14.5 Å². The van der Waals surface area contributed by atoms with Gasteiger partial charge in [-0.15, -0.1) is 0 Å². The second-order valence-electron chi connectivity index (χ2n) is 6.74. The SMILES string of the molecule is CCS(=O)(=O)N[C@@H]1CCC(F)(F)C[C@H]1COc1ccc(-n2cccn2)cc1. The highest BCUT2D eigenvalue weighted by Gasteiger charge is 2.42. The molecule has 3 rings (SSSR count). The molecule has 1 N–H and O–H groups in total. The first kappa shape index (κ1) is 19.8. The van der Waals surface area contributed by atoms with Crippen molar-refractivity contribution in [3.05, 3.63) is 42.7 Å². The van der Waals surface area contributed by atoms with Gasteiger partial charge in [0.15, 0.2) is 0 Å². The average molecular weight is 399 g/mol. The quantitative estimate of drug-likeness (QED) is 0.777. The maximum atomic E-state index is 13.8. The average Bonchev–Trinajstić information content (AvgIpc) is 3.17. The van der Waals surface area contributed by atoms with Gasteiger partial charge in [0.1, 0.15) is 5.75 Å². The minimum Gasteiger partial charge on any atom is -0.493 e. The summed E-state index contributed by atoms with van der Waals surface area (Å²) in [5.41, 5.74) is 0.852. The fourth-order valence-electron chi connectivity index (χ4n) is 3.19. The normalized spacial score (nSPS) is 22.5. The topological polar surface area (TPSA) is 73.2 Å². The van der Waals surface area contributed by atoms with E-state index in [1.165, 1.54) is 6.92 Å². The Morgan fingerprint density at radius 3 is 2.70 bits per heavy atom. The Hall–Kier alpha value is -2.00. The maximum Gasteiger partial charge on any atom is 0.248 e. The Balaban J connectivity index is 1.65. The molecule has 0 unspecified atom stereocenters. The van der Waals surface area contributed by atoms with Crippen LogP contribution >= 0.6 is 0 Å². The largest absolute Gasteiger partial charge is 0.493 e. The smallest absolute Gasteiger partial charge is 0.248 e. The molecule has 0 spiro atoms. The van der Waals surface area contributed by atoms with Crippen molar-refractivity contribution >= 4 is 10.0 Å². The van der Waals surface area contributed by atoms with Gasteiger partial charge in [-0.2, -0.15) is 5.10 Å². The fourth-order valence-corrected chi connectivity index (χ4v) is 4.13. The lowest BCUT2D eigenvalue weighted by Crippen LogP contribution is -2.48. The van der Waals surface area contributed by atoms with Crippen LogP contribution in [0.15, 0.2) is 42.7 Å². The Labute approximate surface area is 157 Å². The predicted octanol–water partition coefficient (Wildman–Crippen LogP) is 2.99. The summed E-state index contributed by atoms with van der Waals surface area (Å²) in [5, 5.41) is 4.13. The van der Waals surface area contributed by atoms with Crippen LogP contribution in [-0.4, -0.2) is 42.5 Å². The Kier molecular flexibility index (Phi) is 5.81. The molecule has 1 saturated carbocycles. The highest BCUT2D eigenvalue weighted by Crippen LogP contribution is 2.37. The highest BCUT2D eigenvalue weighted by molar-refractivity contribution is 7.89. The molecule has 2 aromatic rings. The fraction of sp³-hybridized carbons (Fsp3) is 0.500. The second kappa shape index (κ2) is 7.93. The number of halogens is 2. The van der Waals surface area contributed by atoms with E-state index in [0.717, 1.165) is 5.69 Å². The number of sulfonamides is 1. The van der Waals surface area contributed by atoms with Gasteiger partial charge in [0.05, 0.1) is 18.0 Å². The summed E-state index contributed by atoms with van der Waals surface area (Å²) in [6.07, 6.45) is 2.86. The van der Waals surface area contributed by atoms with E-state index in [0.29, 0.717) is 5.75 Å². The van der Waals surface area contributed by atoms with E-state index in [1.54, 1.807) is 23.0 Å². The first-order chi connectivity index (χ1) is 12.8. The van der Waals surface area contributed by atoms with E-state index in [-0.39, 0.29) is 25.2 Å². The van der Waals surface area contributed by atoms with Gasteiger partial charge in [-0.1, -0.05) is 0 Å². The van der Waals surface area contributed by atoms with Crippen molar-refractivity contribution in [3.63, 3.8) is 0 Å². The monoisotopic (exact) mass is 399 g/mol. The molecule has 0 bridgehead atoms. The van der Waals surface area contributed by atoms with E-state index >= 15 is 0 Å². The molecule has 1 heterocycles. The molecule has 27 heavy (non-hydrogen) atoms. The highest BCUT2D eigenvalue weighted by atomic mass is 32.2. The first-order valence-corrected chi connectivity index (χ1v) is 10.5. The summed E-state index contributed by atoms with van der Waals surface area (Å²) in [5.74, 6) is -2.94. The molecular weight excluding hydrogens is 376 g/mol. The summed E-state index contributed by atoms with van der Waals surface area (Å²) in [6, 6.07) is 8.37. The third-order valence-corrected chi connectivity index (χ3v) is 6.15. The Morgan fingerprint density at radius 2 is 2.07 bits per heavy atom. The molecule has 6 nitrogen and oxygen atoms in total. The van der Waals surface area contributed by atoms with Crippen molar-refractivity contribution in [3.8, 4) is 11.4 Å². The molecular formula is C18H23F2N3O3S. The molecule has 9 heteroatoms. The molecule has 1 aliphatic rings. The number of ether oxygens (including phenoxy) is 1. The third kappa shape index (κ3) is 5.26. The van der Waals surface area contributed by atoms with Gasteiger partial charge in [-0.3, -0.25) is 0 Å². The zero-order chi connectivity index (χ0) is 19.5. The molecule has 2 atom stereocenters. The van der Waals surface area contributed by atoms with Crippen LogP contribution < -0.4 is 9.46 Å². The van der Waals surface area contributed by atoms with Crippen LogP contribution in [0.5, 0.6) is 5.75 Å². The number of rotatable bonds is 7. The van der Waals surface area contributed by atoms with Crippen LogP contribution in [0.25, 0.3) is 5.69 Å². The van der Waals surface area contributed by atoms with Crippen molar-refractivity contribution in [1.29, 1.82) is 0 Å².